The van der Waals surface area contributed by atoms with Crippen LogP contribution in [0.5, 0.6) is 0 Å². The molecule has 0 aliphatic carbocycles. The fourth-order valence-corrected chi connectivity index (χ4v) is 4.97. The van der Waals surface area contributed by atoms with E-state index in [1.54, 1.807) is 18.2 Å². The van der Waals surface area contributed by atoms with Crippen LogP contribution in [0.2, 0.25) is 0 Å². The van der Waals surface area contributed by atoms with Crippen LogP contribution in [0.15, 0.2) is 54.6 Å². The molecule has 0 spiro atoms. The van der Waals surface area contributed by atoms with Crippen LogP contribution in [-0.4, -0.2) is 41.9 Å². The summed E-state index contributed by atoms with van der Waals surface area (Å²) in [5.41, 5.74) is 2.20. The molecule has 2 saturated heterocycles. The number of benzene rings is 2. The number of hydrogen-bond acceptors (Lipinski definition) is 4. The zero-order valence-electron chi connectivity index (χ0n) is 18.0. The van der Waals surface area contributed by atoms with E-state index in [0.717, 1.165) is 45.2 Å². The van der Waals surface area contributed by atoms with Gasteiger partial charge in [0.25, 0.3) is 5.69 Å². The molecule has 1 amide bonds. The topological polar surface area (TPSA) is 66.7 Å². The molecular weight excluding hydrogens is 390 g/mol. The van der Waals surface area contributed by atoms with Crippen molar-refractivity contribution in [2.75, 3.05) is 31.1 Å². The van der Waals surface area contributed by atoms with Crippen LogP contribution in [0.3, 0.4) is 0 Å². The molecule has 0 unspecified atom stereocenters. The fourth-order valence-electron chi connectivity index (χ4n) is 4.97. The van der Waals surface area contributed by atoms with Gasteiger partial charge in [-0.05, 0) is 56.1 Å². The summed E-state index contributed by atoms with van der Waals surface area (Å²) >= 11 is 0. The van der Waals surface area contributed by atoms with Crippen LogP contribution in [0.4, 0.5) is 11.4 Å². The molecule has 0 radical (unpaired) electrons. The van der Waals surface area contributed by atoms with E-state index in [1.165, 1.54) is 12.0 Å². The van der Waals surface area contributed by atoms with Crippen molar-refractivity contribution in [2.45, 2.75) is 38.5 Å². The predicted molar refractivity (Wildman–Crippen MR) is 122 cm³/mol. The average molecular weight is 422 g/mol. The Hall–Kier alpha value is -2.89. The number of nitrogens with zero attached hydrogens (tertiary/aromatic N) is 3. The van der Waals surface area contributed by atoms with Crippen LogP contribution < -0.4 is 4.90 Å². The third-order valence-corrected chi connectivity index (χ3v) is 6.87. The molecule has 6 heteroatoms. The fraction of sp³-hybridized carbons (Fsp3) is 0.480. The molecule has 6 nitrogen and oxygen atoms in total. The standard InChI is InChI=1S/C25H31N3O3/c29-25(27-16-12-21(13-17-27)11-10-20-6-2-1-3-7-20)22-14-18-26(19-15-22)23-8-4-5-9-24(23)28(30)31/h1-9,21-22H,10-19H2. The zero-order valence-corrected chi connectivity index (χ0v) is 18.0. The van der Waals surface area contributed by atoms with Crippen molar-refractivity contribution >= 4 is 17.3 Å². The van der Waals surface area contributed by atoms with Crippen molar-refractivity contribution in [1.82, 2.24) is 4.90 Å². The Morgan fingerprint density at radius 1 is 0.903 bits per heavy atom. The predicted octanol–water partition coefficient (Wildman–Crippen LogP) is 4.68. The smallest absolute Gasteiger partial charge is 0.292 e. The van der Waals surface area contributed by atoms with Crippen LogP contribution in [0.1, 0.15) is 37.7 Å². The molecule has 31 heavy (non-hydrogen) atoms. The molecule has 2 aliphatic heterocycles. The molecule has 0 atom stereocenters. The Kier molecular flexibility index (Phi) is 6.85. The van der Waals surface area contributed by atoms with E-state index in [0.29, 0.717) is 24.7 Å². The number of hydrogen-bond donors (Lipinski definition) is 0. The first kappa shape index (κ1) is 21.3. The molecule has 2 heterocycles. The van der Waals surface area contributed by atoms with E-state index in [2.05, 4.69) is 40.1 Å². The minimum Gasteiger partial charge on any atom is -0.366 e. The van der Waals surface area contributed by atoms with E-state index in [1.807, 2.05) is 6.07 Å². The second-order valence-corrected chi connectivity index (χ2v) is 8.80. The van der Waals surface area contributed by atoms with Gasteiger partial charge in [0.1, 0.15) is 5.69 Å². The maximum absolute atomic E-state index is 13.1. The number of para-hydroxylation sites is 2. The summed E-state index contributed by atoms with van der Waals surface area (Å²) in [4.78, 5) is 28.2. The van der Waals surface area contributed by atoms with Gasteiger partial charge < -0.3 is 9.80 Å². The number of aryl methyl sites for hydroxylation is 1. The van der Waals surface area contributed by atoms with Gasteiger partial charge in [-0.3, -0.25) is 14.9 Å². The highest BCUT2D eigenvalue weighted by Gasteiger charge is 2.32. The van der Waals surface area contributed by atoms with Crippen LogP contribution >= 0.6 is 0 Å². The van der Waals surface area contributed by atoms with Crippen molar-refractivity contribution < 1.29 is 9.72 Å². The number of amides is 1. The first-order valence-corrected chi connectivity index (χ1v) is 11.4. The largest absolute Gasteiger partial charge is 0.366 e. The van der Waals surface area contributed by atoms with Gasteiger partial charge in [0.15, 0.2) is 0 Å². The number of nitro groups is 1. The molecule has 2 aromatic carbocycles. The van der Waals surface area contributed by atoms with Crippen LogP contribution in [-0.2, 0) is 11.2 Å². The molecule has 2 aliphatic rings. The first-order chi connectivity index (χ1) is 15.1. The third-order valence-electron chi connectivity index (χ3n) is 6.87. The minimum absolute atomic E-state index is 0.0416. The molecular formula is C25H31N3O3. The van der Waals surface area contributed by atoms with Gasteiger partial charge in [-0.1, -0.05) is 42.5 Å². The summed E-state index contributed by atoms with van der Waals surface area (Å²) in [5, 5.41) is 11.3. The van der Waals surface area contributed by atoms with E-state index in [-0.39, 0.29) is 22.4 Å². The normalized spacial score (nSPS) is 18.2. The average Bonchev–Trinajstić information content (AvgIpc) is 2.83. The lowest BCUT2D eigenvalue weighted by atomic mass is 9.89. The summed E-state index contributed by atoms with van der Waals surface area (Å²) in [6, 6.07) is 17.5. The number of anilines is 1. The third kappa shape index (κ3) is 5.24. The zero-order chi connectivity index (χ0) is 21.6. The monoisotopic (exact) mass is 421 g/mol. The summed E-state index contributed by atoms with van der Waals surface area (Å²) in [7, 11) is 0. The number of carbonyl (C=O) groups is 1. The van der Waals surface area contributed by atoms with Crippen molar-refractivity contribution in [3.8, 4) is 0 Å². The second kappa shape index (κ2) is 9.94. The molecule has 4 rings (SSSR count). The lowest BCUT2D eigenvalue weighted by Gasteiger charge is -2.38. The van der Waals surface area contributed by atoms with E-state index in [9.17, 15) is 14.9 Å². The Morgan fingerprint density at radius 3 is 2.23 bits per heavy atom. The summed E-state index contributed by atoms with van der Waals surface area (Å²) in [5.74, 6) is 1.02. The molecule has 0 aromatic heterocycles. The Balaban J connectivity index is 1.24. The van der Waals surface area contributed by atoms with Crippen molar-refractivity contribution in [2.24, 2.45) is 11.8 Å². The Morgan fingerprint density at radius 2 is 1.55 bits per heavy atom. The van der Waals surface area contributed by atoms with E-state index < -0.39 is 0 Å². The quantitative estimate of drug-likeness (QED) is 0.502. The summed E-state index contributed by atoms with van der Waals surface area (Å²) < 4.78 is 0. The maximum atomic E-state index is 13.1. The van der Waals surface area contributed by atoms with Gasteiger partial charge in [-0.2, -0.15) is 0 Å². The summed E-state index contributed by atoms with van der Waals surface area (Å²) in [6.07, 6.45) is 6.02. The van der Waals surface area contributed by atoms with E-state index in [4.69, 9.17) is 0 Å². The first-order valence-electron chi connectivity index (χ1n) is 11.4. The highest BCUT2D eigenvalue weighted by molar-refractivity contribution is 5.79. The lowest BCUT2D eigenvalue weighted by molar-refractivity contribution is -0.384. The Bertz CT molecular complexity index is 886. The number of likely N-dealkylation sites (tertiary alicyclic amines) is 1. The lowest BCUT2D eigenvalue weighted by Crippen LogP contribution is -2.45. The molecule has 2 fully saturated rings. The number of carbonyl (C=O) groups excluding carboxylic acids is 1. The van der Waals surface area contributed by atoms with Crippen molar-refractivity contribution in [3.05, 3.63) is 70.3 Å². The molecule has 2 aromatic rings. The van der Waals surface area contributed by atoms with Crippen molar-refractivity contribution in [3.63, 3.8) is 0 Å². The van der Waals surface area contributed by atoms with Crippen LogP contribution in [0.25, 0.3) is 0 Å². The van der Waals surface area contributed by atoms with Gasteiger partial charge in [-0.15, -0.1) is 0 Å². The van der Waals surface area contributed by atoms with Gasteiger partial charge in [0.2, 0.25) is 5.91 Å². The molecule has 0 bridgehead atoms. The van der Waals surface area contributed by atoms with Crippen molar-refractivity contribution in [1.29, 1.82) is 0 Å². The van der Waals surface area contributed by atoms with Gasteiger partial charge in [0.05, 0.1) is 4.92 Å². The number of piperidine rings is 2. The summed E-state index contributed by atoms with van der Waals surface area (Å²) in [6.45, 7) is 3.11. The number of nitro benzene ring substituents is 1. The minimum atomic E-state index is -0.325. The molecule has 0 N–H and O–H groups in total. The maximum Gasteiger partial charge on any atom is 0.292 e. The van der Waals surface area contributed by atoms with Gasteiger partial charge >= 0.3 is 0 Å². The molecule has 0 saturated carbocycles. The van der Waals surface area contributed by atoms with Gasteiger partial charge in [-0.25, -0.2) is 0 Å². The number of rotatable bonds is 6. The SMILES string of the molecule is O=C(C1CCN(c2ccccc2[N+](=O)[O-])CC1)N1CCC(CCc2ccccc2)CC1. The second-order valence-electron chi connectivity index (χ2n) is 8.80. The highest BCUT2D eigenvalue weighted by atomic mass is 16.6. The Labute approximate surface area is 184 Å². The molecule has 164 valence electrons. The van der Waals surface area contributed by atoms with Gasteiger partial charge in [0, 0.05) is 38.2 Å². The highest BCUT2D eigenvalue weighted by Crippen LogP contribution is 2.32. The van der Waals surface area contributed by atoms with Crippen LogP contribution in [0, 0.1) is 22.0 Å². The van der Waals surface area contributed by atoms with E-state index >= 15 is 0 Å².